The molecule has 1 aliphatic rings. The summed E-state index contributed by atoms with van der Waals surface area (Å²) in [4.78, 5) is 37.4. The second-order valence-corrected chi connectivity index (χ2v) is 9.33. The van der Waals surface area contributed by atoms with E-state index >= 15 is 4.39 Å². The van der Waals surface area contributed by atoms with Gasteiger partial charge in [-0.05, 0) is 42.7 Å². The van der Waals surface area contributed by atoms with Crippen LogP contribution in [0.4, 0.5) is 27.6 Å². The highest BCUT2D eigenvalue weighted by Crippen LogP contribution is 2.42. The SMILES string of the molecule is CC[C@@H](C(=O)Nc1ccc(C(N)=O)c(F)c1)n1cc2c(cc1=O)-c1c(ccc(Cl)c1F)C[C@@H](C(F)(F)F)CO2. The lowest BCUT2D eigenvalue weighted by molar-refractivity contribution is -0.181. The van der Waals surface area contributed by atoms with Gasteiger partial charge in [0.15, 0.2) is 0 Å². The fourth-order valence-corrected chi connectivity index (χ4v) is 4.54. The highest BCUT2D eigenvalue weighted by molar-refractivity contribution is 6.31. The van der Waals surface area contributed by atoms with E-state index in [0.717, 1.165) is 35.0 Å². The quantitative estimate of drug-likeness (QED) is 0.410. The molecule has 0 fully saturated rings. The lowest BCUT2D eigenvalue weighted by Crippen LogP contribution is -2.34. The molecule has 0 aliphatic carbocycles. The average Bonchev–Trinajstić information content (AvgIpc) is 2.83. The molecule has 4 rings (SSSR count). The second-order valence-electron chi connectivity index (χ2n) is 8.92. The van der Waals surface area contributed by atoms with Gasteiger partial charge in [0.1, 0.15) is 30.0 Å². The Morgan fingerprint density at radius 3 is 2.54 bits per heavy atom. The number of alkyl halides is 3. The fourth-order valence-electron chi connectivity index (χ4n) is 4.39. The summed E-state index contributed by atoms with van der Waals surface area (Å²) in [6, 6.07) is 5.36. The van der Waals surface area contributed by atoms with Crippen LogP contribution >= 0.6 is 11.6 Å². The molecule has 2 aromatic carbocycles. The highest BCUT2D eigenvalue weighted by Gasteiger charge is 2.42. The number of primary amides is 1. The van der Waals surface area contributed by atoms with Crippen LogP contribution in [0.3, 0.4) is 0 Å². The van der Waals surface area contributed by atoms with Gasteiger partial charge in [-0.15, -0.1) is 0 Å². The van der Waals surface area contributed by atoms with Gasteiger partial charge in [-0.1, -0.05) is 24.6 Å². The van der Waals surface area contributed by atoms with Gasteiger partial charge in [0.05, 0.1) is 22.7 Å². The van der Waals surface area contributed by atoms with Crippen LogP contribution in [-0.2, 0) is 11.2 Å². The number of nitrogens with two attached hydrogens (primary N) is 1. The molecule has 0 spiro atoms. The standard InChI is InChI=1S/C26H21ClF5N3O4/c1-2-19(25(38)34-14-4-5-15(24(33)37)18(28)8-14)35-10-20-16(9-21(35)36)22-12(3-6-17(27)23(22)29)7-13(11-39-20)26(30,31)32/h3-6,8-10,13,19H,2,7,11H2,1H3,(H2,33,37)(H,34,38)/t13-,19+/m1/s1. The topological polar surface area (TPSA) is 103 Å². The zero-order valence-electron chi connectivity index (χ0n) is 20.2. The molecule has 0 radical (unpaired) electrons. The Bertz CT molecular complexity index is 1520. The maximum absolute atomic E-state index is 15.1. The number of ether oxygens (including phenoxy) is 1. The van der Waals surface area contributed by atoms with E-state index in [9.17, 15) is 31.9 Å². The summed E-state index contributed by atoms with van der Waals surface area (Å²) in [6.07, 6.45) is -4.18. The van der Waals surface area contributed by atoms with Gasteiger partial charge in [-0.2, -0.15) is 13.2 Å². The third-order valence-corrected chi connectivity index (χ3v) is 6.68. The predicted octanol–water partition coefficient (Wildman–Crippen LogP) is 5.25. The first-order valence-electron chi connectivity index (χ1n) is 11.6. The number of rotatable bonds is 5. The largest absolute Gasteiger partial charge is 0.491 e. The van der Waals surface area contributed by atoms with Crippen LogP contribution in [-0.4, -0.2) is 29.2 Å². The molecule has 2 atom stereocenters. The molecule has 2 heterocycles. The van der Waals surface area contributed by atoms with Crippen molar-refractivity contribution in [2.45, 2.75) is 32.0 Å². The first-order valence-corrected chi connectivity index (χ1v) is 12.0. The summed E-state index contributed by atoms with van der Waals surface area (Å²) in [5.41, 5.74) is 3.48. The van der Waals surface area contributed by atoms with E-state index in [0.29, 0.717) is 0 Å². The molecule has 3 N–H and O–H groups in total. The maximum Gasteiger partial charge on any atom is 0.395 e. The second kappa shape index (κ2) is 10.7. The summed E-state index contributed by atoms with van der Waals surface area (Å²) in [5, 5.41) is 2.08. The Morgan fingerprint density at radius 2 is 1.92 bits per heavy atom. The number of halogens is 6. The maximum atomic E-state index is 15.1. The van der Waals surface area contributed by atoms with Crippen LogP contribution in [0.2, 0.25) is 5.02 Å². The van der Waals surface area contributed by atoms with Crippen LogP contribution in [0.25, 0.3) is 11.1 Å². The van der Waals surface area contributed by atoms with E-state index < -0.39 is 60.2 Å². The molecule has 7 nitrogen and oxygen atoms in total. The number of fused-ring (bicyclic) bond motifs is 3. The van der Waals surface area contributed by atoms with Crippen molar-refractivity contribution in [3.05, 3.63) is 80.7 Å². The van der Waals surface area contributed by atoms with Crippen molar-refractivity contribution in [3.63, 3.8) is 0 Å². The van der Waals surface area contributed by atoms with Crippen molar-refractivity contribution in [1.82, 2.24) is 4.57 Å². The summed E-state index contributed by atoms with van der Waals surface area (Å²) in [7, 11) is 0. The van der Waals surface area contributed by atoms with Crippen LogP contribution in [0.15, 0.2) is 47.4 Å². The normalized spacial score (nSPS) is 15.7. The number of hydrogen-bond acceptors (Lipinski definition) is 4. The van der Waals surface area contributed by atoms with E-state index in [2.05, 4.69) is 5.32 Å². The lowest BCUT2D eigenvalue weighted by atomic mass is 9.90. The molecular weight excluding hydrogens is 549 g/mol. The van der Waals surface area contributed by atoms with Crippen molar-refractivity contribution >= 4 is 29.1 Å². The zero-order chi connectivity index (χ0) is 28.6. The summed E-state index contributed by atoms with van der Waals surface area (Å²) < 4.78 is 76.7. The predicted molar refractivity (Wildman–Crippen MR) is 133 cm³/mol. The van der Waals surface area contributed by atoms with Gasteiger partial charge < -0.3 is 15.8 Å². The Hall–Kier alpha value is -3.93. The molecule has 39 heavy (non-hydrogen) atoms. The Morgan fingerprint density at radius 1 is 1.21 bits per heavy atom. The smallest absolute Gasteiger partial charge is 0.395 e. The van der Waals surface area contributed by atoms with Gasteiger partial charge in [0.25, 0.3) is 11.5 Å². The molecule has 2 amide bonds. The minimum atomic E-state index is -4.66. The zero-order valence-corrected chi connectivity index (χ0v) is 21.0. The molecular formula is C26H21ClF5N3O4. The molecule has 206 valence electrons. The first kappa shape index (κ1) is 28.1. The number of nitrogens with one attached hydrogen (secondary N) is 1. The van der Waals surface area contributed by atoms with Gasteiger partial charge >= 0.3 is 6.18 Å². The molecule has 0 saturated carbocycles. The Balaban J connectivity index is 1.76. The van der Waals surface area contributed by atoms with Crippen molar-refractivity contribution < 1.29 is 36.3 Å². The number of hydrogen-bond donors (Lipinski definition) is 2. The molecule has 0 unspecified atom stereocenters. The molecule has 1 aromatic heterocycles. The number of pyridine rings is 1. The molecule has 0 bridgehead atoms. The van der Waals surface area contributed by atoms with Crippen LogP contribution in [0.1, 0.15) is 35.3 Å². The van der Waals surface area contributed by atoms with E-state index in [4.69, 9.17) is 22.1 Å². The summed E-state index contributed by atoms with van der Waals surface area (Å²) >= 11 is 5.91. The van der Waals surface area contributed by atoms with Crippen molar-refractivity contribution in [3.8, 4) is 16.9 Å². The molecule has 3 aromatic rings. The number of carbonyl (C=O) groups excluding carboxylic acids is 2. The number of anilines is 1. The van der Waals surface area contributed by atoms with Crippen LogP contribution in [0, 0.1) is 17.6 Å². The third-order valence-electron chi connectivity index (χ3n) is 6.39. The van der Waals surface area contributed by atoms with Crippen molar-refractivity contribution in [2.75, 3.05) is 11.9 Å². The highest BCUT2D eigenvalue weighted by atomic mass is 35.5. The van der Waals surface area contributed by atoms with E-state index in [1.807, 2.05) is 0 Å². The van der Waals surface area contributed by atoms with Crippen molar-refractivity contribution in [2.24, 2.45) is 11.7 Å². The van der Waals surface area contributed by atoms with E-state index in [-0.39, 0.29) is 45.1 Å². The summed E-state index contributed by atoms with van der Waals surface area (Å²) in [6.45, 7) is 0.756. The van der Waals surface area contributed by atoms with Crippen molar-refractivity contribution in [1.29, 1.82) is 0 Å². The molecule has 13 heteroatoms. The van der Waals surface area contributed by atoms with E-state index in [1.54, 1.807) is 6.92 Å². The number of aromatic nitrogens is 1. The monoisotopic (exact) mass is 569 g/mol. The van der Waals surface area contributed by atoms with Gasteiger partial charge in [0, 0.05) is 22.9 Å². The number of nitrogens with zero attached hydrogens (tertiary/aromatic N) is 1. The van der Waals surface area contributed by atoms with E-state index in [1.165, 1.54) is 12.1 Å². The van der Waals surface area contributed by atoms with Crippen LogP contribution < -0.4 is 21.3 Å². The Labute approximate surface area is 223 Å². The number of carbonyl (C=O) groups is 2. The Kier molecular flexibility index (Phi) is 7.69. The minimum absolute atomic E-state index is 0.00727. The number of amides is 2. The fraction of sp³-hybridized carbons (Fsp3) is 0.269. The van der Waals surface area contributed by atoms with Gasteiger partial charge in [-0.25, -0.2) is 8.78 Å². The lowest BCUT2D eigenvalue weighted by Gasteiger charge is -2.27. The number of benzene rings is 2. The van der Waals surface area contributed by atoms with Gasteiger partial charge in [0.2, 0.25) is 5.91 Å². The first-order chi connectivity index (χ1) is 18.3. The summed E-state index contributed by atoms with van der Waals surface area (Å²) in [5.74, 6) is -5.98. The molecule has 1 aliphatic heterocycles. The molecule has 0 saturated heterocycles. The third kappa shape index (κ3) is 5.60. The van der Waals surface area contributed by atoms with Crippen LogP contribution in [0.5, 0.6) is 5.75 Å². The average molecular weight is 570 g/mol. The minimum Gasteiger partial charge on any atom is -0.491 e. The van der Waals surface area contributed by atoms with Gasteiger partial charge in [-0.3, -0.25) is 19.0 Å².